The second kappa shape index (κ2) is 9.67. The van der Waals surface area contributed by atoms with Crippen molar-refractivity contribution in [1.82, 2.24) is 4.31 Å². The topological polar surface area (TPSA) is 52.6 Å². The van der Waals surface area contributed by atoms with Gasteiger partial charge in [-0.25, -0.2) is 4.79 Å². The number of carbonyl (C=O) groups is 1. The predicted octanol–water partition coefficient (Wildman–Crippen LogP) is 3.34. The third kappa shape index (κ3) is 4.97. The smallest absolute Gasteiger partial charge is 0.335 e. The quantitative estimate of drug-likeness (QED) is 0.535. The molecular weight excluding hydrogens is 322 g/mol. The zero-order chi connectivity index (χ0) is 17.4. The minimum absolute atomic E-state index is 0.304. The summed E-state index contributed by atoms with van der Waals surface area (Å²) in [6.45, 7) is 4.72. The van der Waals surface area contributed by atoms with Gasteiger partial charge in [0.1, 0.15) is 11.8 Å². The molecule has 1 unspecified atom stereocenters. The monoisotopic (exact) mass is 347 g/mol. The maximum absolute atomic E-state index is 12.6. The molecule has 1 aromatic rings. The number of benzene rings is 1. The van der Waals surface area contributed by atoms with Gasteiger partial charge in [0, 0.05) is 11.4 Å². The first-order chi connectivity index (χ1) is 11.7. The molecule has 0 radical (unpaired) electrons. The van der Waals surface area contributed by atoms with Crippen LogP contribution in [-0.4, -0.2) is 39.8 Å². The van der Waals surface area contributed by atoms with Crippen molar-refractivity contribution >= 4 is 23.4 Å². The van der Waals surface area contributed by atoms with Crippen molar-refractivity contribution < 1.29 is 14.1 Å². The van der Waals surface area contributed by atoms with Gasteiger partial charge < -0.3 is 9.29 Å². The van der Waals surface area contributed by atoms with Crippen LogP contribution in [0.2, 0.25) is 0 Å². The summed E-state index contributed by atoms with van der Waals surface area (Å²) in [7, 11) is 0. The minimum atomic E-state index is -1.10. The molecule has 2 atom stereocenters. The summed E-state index contributed by atoms with van der Waals surface area (Å²) in [5, 5.41) is 0. The standard InChI is InChI=1S/C19H25NO3S/c1-3-5-15-24(22)20-14-13-17(19(21)23-4-2)18(20)12-11-16-9-7-6-8-10-16/h6-13,18H,3-5,14-15H2,1-2H3/b12-11+/t18-,24?/m0/s1. The van der Waals surface area contributed by atoms with E-state index in [9.17, 15) is 9.35 Å². The van der Waals surface area contributed by atoms with Crippen molar-refractivity contribution in [3.8, 4) is 0 Å². The molecule has 1 aliphatic heterocycles. The van der Waals surface area contributed by atoms with E-state index in [1.165, 1.54) is 0 Å². The number of hydrogen-bond donors (Lipinski definition) is 0. The van der Waals surface area contributed by atoms with E-state index in [0.717, 1.165) is 18.4 Å². The van der Waals surface area contributed by atoms with Gasteiger partial charge in [-0.2, -0.15) is 0 Å². The molecule has 24 heavy (non-hydrogen) atoms. The molecule has 0 bridgehead atoms. The summed E-state index contributed by atoms with van der Waals surface area (Å²) in [6, 6.07) is 9.58. The van der Waals surface area contributed by atoms with Crippen LogP contribution in [0.15, 0.2) is 48.1 Å². The van der Waals surface area contributed by atoms with Gasteiger partial charge in [0.15, 0.2) is 0 Å². The number of ether oxygens (including phenoxy) is 1. The summed E-state index contributed by atoms with van der Waals surface area (Å²) >= 11 is -1.10. The largest absolute Gasteiger partial charge is 0.598 e. The molecule has 4 nitrogen and oxygen atoms in total. The molecule has 1 heterocycles. The number of carbonyl (C=O) groups excluding carboxylic acids is 1. The number of unbranched alkanes of at least 4 members (excludes halogenated alkanes) is 1. The zero-order valence-corrected chi connectivity index (χ0v) is 15.1. The second-order valence-corrected chi connectivity index (χ2v) is 7.09. The maximum Gasteiger partial charge on any atom is 0.335 e. The highest BCUT2D eigenvalue weighted by Gasteiger charge is 2.37. The van der Waals surface area contributed by atoms with E-state index < -0.39 is 11.4 Å². The maximum atomic E-state index is 12.6. The van der Waals surface area contributed by atoms with Gasteiger partial charge in [-0.05, 0) is 18.9 Å². The molecule has 0 fully saturated rings. The summed E-state index contributed by atoms with van der Waals surface area (Å²) in [6.07, 6.45) is 7.65. The van der Waals surface area contributed by atoms with E-state index in [1.807, 2.05) is 52.9 Å². The van der Waals surface area contributed by atoms with Crippen LogP contribution in [-0.2, 0) is 20.9 Å². The van der Waals surface area contributed by atoms with Crippen LogP contribution in [0.25, 0.3) is 6.08 Å². The lowest BCUT2D eigenvalue weighted by atomic mass is 10.1. The van der Waals surface area contributed by atoms with Crippen molar-refractivity contribution in [2.45, 2.75) is 32.7 Å². The molecule has 0 saturated carbocycles. The minimum Gasteiger partial charge on any atom is -0.598 e. The number of rotatable bonds is 8. The Labute approximate surface area is 147 Å². The van der Waals surface area contributed by atoms with Crippen LogP contribution in [0.5, 0.6) is 0 Å². The van der Waals surface area contributed by atoms with E-state index in [0.29, 0.717) is 24.5 Å². The van der Waals surface area contributed by atoms with Crippen LogP contribution in [0, 0.1) is 0 Å². The molecule has 0 spiro atoms. The van der Waals surface area contributed by atoms with E-state index in [4.69, 9.17) is 4.74 Å². The molecule has 0 saturated heterocycles. The van der Waals surface area contributed by atoms with Gasteiger partial charge in [-0.1, -0.05) is 61.9 Å². The summed E-state index contributed by atoms with van der Waals surface area (Å²) in [5.41, 5.74) is 1.63. The summed E-state index contributed by atoms with van der Waals surface area (Å²) in [4.78, 5) is 12.2. The molecule has 1 aliphatic rings. The third-order valence-corrected chi connectivity index (χ3v) is 5.37. The molecule has 0 aromatic heterocycles. The van der Waals surface area contributed by atoms with Crippen molar-refractivity contribution in [2.75, 3.05) is 18.9 Å². The summed E-state index contributed by atoms with van der Waals surface area (Å²) in [5.74, 6) is 0.297. The Hall–Kier alpha value is -1.56. The van der Waals surface area contributed by atoms with Crippen molar-refractivity contribution in [1.29, 1.82) is 0 Å². The van der Waals surface area contributed by atoms with E-state index in [-0.39, 0.29) is 12.0 Å². The number of nitrogens with zero attached hydrogens (tertiary/aromatic N) is 1. The molecule has 0 aliphatic carbocycles. The van der Waals surface area contributed by atoms with Gasteiger partial charge >= 0.3 is 5.97 Å². The average molecular weight is 347 g/mol. The normalized spacial score (nSPS) is 19.5. The second-order valence-electron chi connectivity index (χ2n) is 5.57. The van der Waals surface area contributed by atoms with Gasteiger partial charge in [0.2, 0.25) is 0 Å². The Morgan fingerprint density at radius 2 is 2.12 bits per heavy atom. The Kier molecular flexibility index (Phi) is 7.56. The molecule has 0 amide bonds. The fourth-order valence-corrected chi connectivity index (χ4v) is 4.01. The van der Waals surface area contributed by atoms with Gasteiger partial charge in [-0.3, -0.25) is 0 Å². The first-order valence-corrected chi connectivity index (χ1v) is 9.70. The lowest BCUT2D eigenvalue weighted by Gasteiger charge is -2.25. The van der Waals surface area contributed by atoms with E-state index in [2.05, 4.69) is 6.92 Å². The SMILES string of the molecule is CCCC[S+]([O-])N1CC=C(C(=O)OCC)[C@@H]1/C=C/c1ccccc1. The molecule has 2 rings (SSSR count). The highest BCUT2D eigenvalue weighted by atomic mass is 32.2. The first kappa shape index (κ1) is 18.8. The van der Waals surface area contributed by atoms with Crippen LogP contribution < -0.4 is 0 Å². The first-order valence-electron chi connectivity index (χ1n) is 8.43. The van der Waals surface area contributed by atoms with E-state index in [1.54, 1.807) is 6.92 Å². The van der Waals surface area contributed by atoms with Crippen LogP contribution in [0.3, 0.4) is 0 Å². The average Bonchev–Trinajstić information content (AvgIpc) is 3.03. The molecule has 0 N–H and O–H groups in total. The lowest BCUT2D eigenvalue weighted by molar-refractivity contribution is -0.138. The van der Waals surface area contributed by atoms with Gasteiger partial charge in [0.25, 0.3) is 0 Å². The zero-order valence-electron chi connectivity index (χ0n) is 14.3. The van der Waals surface area contributed by atoms with Crippen LogP contribution in [0.1, 0.15) is 32.3 Å². The number of esters is 1. The highest BCUT2D eigenvalue weighted by molar-refractivity contribution is 7.89. The van der Waals surface area contributed by atoms with Crippen molar-refractivity contribution in [3.05, 3.63) is 53.6 Å². The van der Waals surface area contributed by atoms with Gasteiger partial charge in [-0.15, -0.1) is 4.31 Å². The Balaban J connectivity index is 2.17. The Bertz CT molecular complexity index is 586. The van der Waals surface area contributed by atoms with Crippen molar-refractivity contribution in [2.24, 2.45) is 0 Å². The van der Waals surface area contributed by atoms with Crippen LogP contribution in [0.4, 0.5) is 0 Å². The number of hydrogen-bond acceptors (Lipinski definition) is 4. The van der Waals surface area contributed by atoms with Crippen LogP contribution >= 0.6 is 0 Å². The Morgan fingerprint density at radius 1 is 1.38 bits per heavy atom. The summed E-state index contributed by atoms with van der Waals surface area (Å²) < 4.78 is 19.6. The Morgan fingerprint density at radius 3 is 2.79 bits per heavy atom. The highest BCUT2D eigenvalue weighted by Crippen LogP contribution is 2.26. The fourth-order valence-electron chi connectivity index (χ4n) is 2.56. The van der Waals surface area contributed by atoms with E-state index >= 15 is 0 Å². The lowest BCUT2D eigenvalue weighted by Crippen LogP contribution is -2.39. The fraction of sp³-hybridized carbons (Fsp3) is 0.421. The third-order valence-electron chi connectivity index (χ3n) is 3.84. The molecular formula is C19H25NO3S. The molecule has 5 heteroatoms. The predicted molar refractivity (Wildman–Crippen MR) is 98.6 cm³/mol. The molecule has 130 valence electrons. The van der Waals surface area contributed by atoms with Gasteiger partial charge in [0.05, 0.1) is 18.7 Å². The van der Waals surface area contributed by atoms with Crippen molar-refractivity contribution in [3.63, 3.8) is 0 Å². The molecule has 1 aromatic carbocycles.